The summed E-state index contributed by atoms with van der Waals surface area (Å²) in [7, 11) is 0. The smallest absolute Gasteiger partial charge is 0.387 e. The molecule has 1 aromatic heterocycles. The first kappa shape index (κ1) is 20.3. The molecule has 0 aliphatic heterocycles. The number of ether oxygens (including phenoxy) is 1. The molecular formula is C21H22F2N4O2. The van der Waals surface area contributed by atoms with Crippen LogP contribution in [-0.4, -0.2) is 22.4 Å². The average Bonchev–Trinajstić information content (AvgIpc) is 3.21. The van der Waals surface area contributed by atoms with Gasteiger partial charge in [-0.25, -0.2) is 4.79 Å². The Morgan fingerprint density at radius 3 is 2.62 bits per heavy atom. The Morgan fingerprint density at radius 1 is 1.14 bits per heavy atom. The van der Waals surface area contributed by atoms with Gasteiger partial charge in [0, 0.05) is 23.6 Å². The van der Waals surface area contributed by atoms with Gasteiger partial charge in [-0.1, -0.05) is 43.3 Å². The van der Waals surface area contributed by atoms with E-state index in [1.807, 2.05) is 37.4 Å². The fourth-order valence-electron chi connectivity index (χ4n) is 3.04. The van der Waals surface area contributed by atoms with Crippen LogP contribution >= 0.6 is 0 Å². The lowest BCUT2D eigenvalue weighted by molar-refractivity contribution is -0.0506. The zero-order valence-corrected chi connectivity index (χ0v) is 15.9. The molecule has 0 aliphatic carbocycles. The summed E-state index contributed by atoms with van der Waals surface area (Å²) >= 11 is 0. The lowest BCUT2D eigenvalue weighted by Gasteiger charge is -2.21. The minimum atomic E-state index is -2.93. The lowest BCUT2D eigenvalue weighted by atomic mass is 10.0. The Hall–Kier alpha value is -3.42. The summed E-state index contributed by atoms with van der Waals surface area (Å²) in [6.45, 7) is -0.571. The van der Waals surface area contributed by atoms with Crippen LogP contribution < -0.4 is 15.4 Å². The third-order valence-electron chi connectivity index (χ3n) is 4.38. The third-order valence-corrected chi connectivity index (χ3v) is 4.38. The second kappa shape index (κ2) is 9.68. The van der Waals surface area contributed by atoms with Crippen LogP contribution in [0.2, 0.25) is 0 Å². The first-order chi connectivity index (χ1) is 14.1. The highest BCUT2D eigenvalue weighted by atomic mass is 19.3. The second-order valence-electron chi connectivity index (χ2n) is 6.34. The summed E-state index contributed by atoms with van der Waals surface area (Å²) in [5, 5.41) is 9.85. The van der Waals surface area contributed by atoms with Crippen LogP contribution in [0, 0.1) is 0 Å². The highest BCUT2D eigenvalue weighted by molar-refractivity contribution is 5.90. The number of nitrogens with one attached hydrogen (secondary N) is 2. The molecule has 152 valence electrons. The van der Waals surface area contributed by atoms with Gasteiger partial charge in [0.1, 0.15) is 5.75 Å². The van der Waals surface area contributed by atoms with Gasteiger partial charge in [0.25, 0.3) is 0 Å². The van der Waals surface area contributed by atoms with Crippen molar-refractivity contribution in [2.75, 3.05) is 5.32 Å². The predicted molar refractivity (Wildman–Crippen MR) is 106 cm³/mol. The molecule has 0 saturated heterocycles. The number of alkyl halides is 2. The van der Waals surface area contributed by atoms with Crippen LogP contribution in [0.15, 0.2) is 67.0 Å². The molecule has 0 saturated carbocycles. The number of aromatic nitrogens is 2. The predicted octanol–water partition coefficient (Wildman–Crippen LogP) is 4.81. The zero-order valence-electron chi connectivity index (χ0n) is 15.9. The van der Waals surface area contributed by atoms with E-state index in [1.165, 1.54) is 6.07 Å². The Balaban J connectivity index is 1.72. The molecule has 0 aliphatic rings. The van der Waals surface area contributed by atoms with Crippen LogP contribution in [0.3, 0.4) is 0 Å². The van der Waals surface area contributed by atoms with Crippen LogP contribution in [0.25, 0.3) is 0 Å². The van der Waals surface area contributed by atoms with Gasteiger partial charge in [-0.3, -0.25) is 4.68 Å². The summed E-state index contributed by atoms with van der Waals surface area (Å²) in [5.41, 5.74) is 2.03. The van der Waals surface area contributed by atoms with Gasteiger partial charge in [0.15, 0.2) is 0 Å². The van der Waals surface area contributed by atoms with Gasteiger partial charge in [0.05, 0.1) is 12.6 Å². The van der Waals surface area contributed by atoms with Gasteiger partial charge < -0.3 is 15.4 Å². The minimum Gasteiger partial charge on any atom is -0.434 e. The molecule has 0 spiro atoms. The van der Waals surface area contributed by atoms with Crippen molar-refractivity contribution < 1.29 is 18.3 Å². The maximum absolute atomic E-state index is 12.7. The van der Waals surface area contributed by atoms with Crippen LogP contribution in [-0.2, 0) is 6.54 Å². The molecule has 0 bridgehead atoms. The fourth-order valence-corrected chi connectivity index (χ4v) is 3.04. The van der Waals surface area contributed by atoms with E-state index in [9.17, 15) is 13.6 Å². The van der Waals surface area contributed by atoms with Crippen LogP contribution in [0.5, 0.6) is 5.75 Å². The van der Waals surface area contributed by atoms with Crippen molar-refractivity contribution in [3.63, 3.8) is 0 Å². The van der Waals surface area contributed by atoms with E-state index in [0.29, 0.717) is 24.2 Å². The van der Waals surface area contributed by atoms with E-state index in [2.05, 4.69) is 20.5 Å². The van der Waals surface area contributed by atoms with Crippen molar-refractivity contribution in [2.45, 2.75) is 32.5 Å². The number of nitrogens with zero attached hydrogens (tertiary/aromatic N) is 2. The first-order valence-electron chi connectivity index (χ1n) is 9.23. The molecule has 2 aromatic carbocycles. The van der Waals surface area contributed by atoms with Crippen molar-refractivity contribution in [3.8, 4) is 5.75 Å². The number of para-hydroxylation sites is 2. The highest BCUT2D eigenvalue weighted by Crippen LogP contribution is 2.28. The zero-order chi connectivity index (χ0) is 20.6. The minimum absolute atomic E-state index is 0.0498. The number of rotatable bonds is 8. The number of urea groups is 1. The van der Waals surface area contributed by atoms with Crippen LogP contribution in [0.1, 0.15) is 30.5 Å². The van der Waals surface area contributed by atoms with E-state index in [-0.39, 0.29) is 5.75 Å². The Labute approximate surface area is 167 Å². The number of amides is 2. The van der Waals surface area contributed by atoms with E-state index in [0.717, 1.165) is 5.56 Å². The number of benzene rings is 2. The molecule has 1 atom stereocenters. The largest absolute Gasteiger partial charge is 0.434 e. The highest BCUT2D eigenvalue weighted by Gasteiger charge is 2.19. The monoisotopic (exact) mass is 400 g/mol. The molecule has 3 rings (SSSR count). The van der Waals surface area contributed by atoms with Crippen molar-refractivity contribution in [1.82, 2.24) is 15.1 Å². The molecule has 29 heavy (non-hydrogen) atoms. The number of hydrogen-bond acceptors (Lipinski definition) is 3. The number of hydrogen-bond donors (Lipinski definition) is 2. The van der Waals surface area contributed by atoms with Gasteiger partial charge in [-0.15, -0.1) is 0 Å². The topological polar surface area (TPSA) is 68.2 Å². The molecule has 0 radical (unpaired) electrons. The van der Waals surface area contributed by atoms with Crippen molar-refractivity contribution in [3.05, 3.63) is 78.1 Å². The molecule has 2 amide bonds. The van der Waals surface area contributed by atoms with Crippen molar-refractivity contribution in [2.24, 2.45) is 0 Å². The summed E-state index contributed by atoms with van der Waals surface area (Å²) in [4.78, 5) is 12.6. The standard InChI is InChI=1S/C21H22F2N4O2/c1-2-17(16-9-4-6-11-19(16)29-20(22)23)25-21(28)26-18-10-5-3-8-15(18)14-27-13-7-12-24-27/h3-13,17,20H,2,14H2,1H3,(H2,25,26,28). The second-order valence-corrected chi connectivity index (χ2v) is 6.34. The number of carbonyl (C=O) groups is 1. The van der Waals surface area contributed by atoms with E-state index in [4.69, 9.17) is 0 Å². The molecular weight excluding hydrogens is 378 g/mol. The van der Waals surface area contributed by atoms with Gasteiger partial charge in [0.2, 0.25) is 0 Å². The fraction of sp³-hybridized carbons (Fsp3) is 0.238. The van der Waals surface area contributed by atoms with Gasteiger partial charge >= 0.3 is 12.6 Å². The summed E-state index contributed by atoms with van der Waals surface area (Å²) in [6.07, 6.45) is 4.03. The number of carbonyl (C=O) groups excluding carboxylic acids is 1. The summed E-state index contributed by atoms with van der Waals surface area (Å²) in [5.74, 6) is 0.0498. The average molecular weight is 400 g/mol. The molecule has 1 heterocycles. The van der Waals surface area contributed by atoms with Gasteiger partial charge in [-0.05, 0) is 30.2 Å². The Kier molecular flexibility index (Phi) is 6.78. The molecule has 3 aromatic rings. The Morgan fingerprint density at radius 2 is 1.90 bits per heavy atom. The molecule has 6 nitrogen and oxygen atoms in total. The van der Waals surface area contributed by atoms with E-state index < -0.39 is 18.7 Å². The van der Waals surface area contributed by atoms with E-state index in [1.54, 1.807) is 35.1 Å². The van der Waals surface area contributed by atoms with Crippen molar-refractivity contribution >= 4 is 11.7 Å². The quantitative estimate of drug-likeness (QED) is 0.570. The van der Waals surface area contributed by atoms with Crippen molar-refractivity contribution in [1.29, 1.82) is 0 Å². The van der Waals surface area contributed by atoms with Gasteiger partial charge in [-0.2, -0.15) is 13.9 Å². The lowest BCUT2D eigenvalue weighted by Crippen LogP contribution is -2.33. The molecule has 0 fully saturated rings. The number of anilines is 1. The molecule has 2 N–H and O–H groups in total. The molecule has 8 heteroatoms. The van der Waals surface area contributed by atoms with Crippen LogP contribution in [0.4, 0.5) is 19.3 Å². The maximum Gasteiger partial charge on any atom is 0.387 e. The number of halogens is 2. The molecule has 1 unspecified atom stereocenters. The van der Waals surface area contributed by atoms with E-state index >= 15 is 0 Å². The normalized spacial score (nSPS) is 11.9. The summed E-state index contributed by atoms with van der Waals surface area (Å²) < 4.78 is 31.7. The Bertz CT molecular complexity index is 932. The third kappa shape index (κ3) is 5.54. The first-order valence-corrected chi connectivity index (χ1v) is 9.23. The SMILES string of the molecule is CCC(NC(=O)Nc1ccccc1Cn1cccn1)c1ccccc1OC(F)F. The summed E-state index contributed by atoms with van der Waals surface area (Å²) in [6, 6.07) is 14.8. The maximum atomic E-state index is 12.7.